The fraction of sp³-hybridized carbons (Fsp3) is 0.114. The molecule has 0 saturated carbocycles. The highest BCUT2D eigenvalue weighted by Crippen LogP contribution is 2.43. The summed E-state index contributed by atoms with van der Waals surface area (Å²) in [5.41, 5.74) is 15.8. The van der Waals surface area contributed by atoms with Crippen LogP contribution < -0.4 is 16.2 Å². The van der Waals surface area contributed by atoms with Crippen LogP contribution in [0.25, 0.3) is 43.4 Å². The van der Waals surface area contributed by atoms with Gasteiger partial charge in [-0.25, -0.2) is 4.79 Å². The predicted octanol–water partition coefficient (Wildman–Crippen LogP) is 7.83. The van der Waals surface area contributed by atoms with Crippen LogP contribution in [0, 0.1) is 0 Å². The Kier molecular flexibility index (Phi) is 7.97. The molecule has 0 aromatic heterocycles. The second-order valence-electron chi connectivity index (χ2n) is 10.3. The standard InChI is InChI=1S/C23H20O5.C12H12N2/c1-12(24)18-11-17-8-7-16-9-14-5-3-4-6-15(14)10-19(16)21(17)22(28-23(26)27)20(18)13(2)25;13-11-5-1-9(2-6-11)10-3-7-12(14)8-4-10/h3-13,24-25H,1-2H3,(H,26,27);1-8H,13-14H2. The number of nitrogen functional groups attached to an aromatic ring is 2. The fourth-order valence-electron chi connectivity index (χ4n) is 5.24. The van der Waals surface area contributed by atoms with Gasteiger partial charge in [-0.2, -0.15) is 0 Å². The molecule has 212 valence electrons. The molecule has 0 aliphatic carbocycles. The first kappa shape index (κ1) is 28.4. The molecule has 0 aliphatic heterocycles. The second-order valence-corrected chi connectivity index (χ2v) is 10.3. The predicted molar refractivity (Wildman–Crippen MR) is 170 cm³/mol. The average molecular weight is 561 g/mol. The molecule has 0 heterocycles. The van der Waals surface area contributed by atoms with Crippen molar-refractivity contribution in [3.63, 3.8) is 0 Å². The minimum absolute atomic E-state index is 0.0665. The zero-order valence-corrected chi connectivity index (χ0v) is 23.3. The lowest BCUT2D eigenvalue weighted by Gasteiger charge is -2.21. The average Bonchev–Trinajstić information content (AvgIpc) is 2.96. The number of hydrogen-bond acceptors (Lipinski definition) is 6. The van der Waals surface area contributed by atoms with Crippen molar-refractivity contribution in [2.45, 2.75) is 26.1 Å². The Balaban J connectivity index is 0.000000211. The van der Waals surface area contributed by atoms with Crippen molar-refractivity contribution in [3.05, 3.63) is 114 Å². The molecule has 42 heavy (non-hydrogen) atoms. The number of aliphatic hydroxyl groups excluding tert-OH is 2. The molecule has 2 unspecified atom stereocenters. The monoisotopic (exact) mass is 560 g/mol. The molecule has 6 aromatic carbocycles. The van der Waals surface area contributed by atoms with Gasteiger partial charge >= 0.3 is 6.16 Å². The van der Waals surface area contributed by atoms with Crippen LogP contribution >= 0.6 is 0 Å². The fourth-order valence-corrected chi connectivity index (χ4v) is 5.24. The maximum atomic E-state index is 11.5. The third-order valence-electron chi connectivity index (χ3n) is 7.22. The van der Waals surface area contributed by atoms with Gasteiger partial charge in [0.05, 0.1) is 12.2 Å². The molecule has 7 N–H and O–H groups in total. The molecule has 2 atom stereocenters. The largest absolute Gasteiger partial charge is 0.511 e. The van der Waals surface area contributed by atoms with Crippen LogP contribution in [0.15, 0.2) is 103 Å². The van der Waals surface area contributed by atoms with Gasteiger partial charge < -0.3 is 31.5 Å². The van der Waals surface area contributed by atoms with Gasteiger partial charge in [0.25, 0.3) is 0 Å². The van der Waals surface area contributed by atoms with Crippen molar-refractivity contribution >= 4 is 49.8 Å². The number of ether oxygens (including phenoxy) is 1. The Morgan fingerprint density at radius 3 is 1.69 bits per heavy atom. The maximum Gasteiger partial charge on any atom is 0.511 e. The highest BCUT2D eigenvalue weighted by Gasteiger charge is 2.24. The number of benzene rings is 6. The molecule has 0 radical (unpaired) electrons. The molecule has 0 fully saturated rings. The Bertz CT molecular complexity index is 1850. The van der Waals surface area contributed by atoms with Gasteiger partial charge in [0, 0.05) is 22.3 Å². The molecule has 6 rings (SSSR count). The Labute approximate surface area is 243 Å². The molecule has 0 spiro atoms. The number of nitrogens with two attached hydrogens (primary N) is 2. The van der Waals surface area contributed by atoms with Crippen molar-refractivity contribution < 1.29 is 24.9 Å². The number of anilines is 2. The summed E-state index contributed by atoms with van der Waals surface area (Å²) >= 11 is 0. The number of fused-ring (bicyclic) bond motifs is 4. The van der Waals surface area contributed by atoms with Gasteiger partial charge in [-0.3, -0.25) is 0 Å². The third kappa shape index (κ3) is 5.83. The number of carboxylic acid groups (broad SMARTS) is 1. The van der Waals surface area contributed by atoms with E-state index < -0.39 is 18.4 Å². The van der Waals surface area contributed by atoms with Gasteiger partial charge in [-0.1, -0.05) is 60.7 Å². The summed E-state index contributed by atoms with van der Waals surface area (Å²) in [5, 5.41) is 35.1. The van der Waals surface area contributed by atoms with Gasteiger partial charge in [-0.05, 0) is 99.9 Å². The molecule has 6 aromatic rings. The molecule has 0 saturated heterocycles. The number of rotatable bonds is 4. The van der Waals surface area contributed by atoms with Gasteiger partial charge in [0.2, 0.25) is 0 Å². The zero-order valence-electron chi connectivity index (χ0n) is 23.3. The minimum atomic E-state index is -1.47. The summed E-state index contributed by atoms with van der Waals surface area (Å²) in [6.07, 6.45) is -3.37. The van der Waals surface area contributed by atoms with Crippen LogP contribution in [-0.4, -0.2) is 21.5 Å². The lowest BCUT2D eigenvalue weighted by atomic mass is 9.90. The van der Waals surface area contributed by atoms with Crippen LogP contribution in [-0.2, 0) is 0 Å². The number of aliphatic hydroxyl groups is 2. The molecule has 7 heteroatoms. The highest BCUT2D eigenvalue weighted by molar-refractivity contribution is 6.15. The smallest absolute Gasteiger partial charge is 0.449 e. The normalized spacial score (nSPS) is 12.5. The van der Waals surface area contributed by atoms with Crippen molar-refractivity contribution in [2.75, 3.05) is 11.5 Å². The molecule has 7 nitrogen and oxygen atoms in total. The van der Waals surface area contributed by atoms with Crippen molar-refractivity contribution in [1.29, 1.82) is 0 Å². The summed E-state index contributed by atoms with van der Waals surface area (Å²) < 4.78 is 5.18. The Morgan fingerprint density at radius 1 is 0.667 bits per heavy atom. The van der Waals surface area contributed by atoms with Crippen LogP contribution in [0.3, 0.4) is 0 Å². The zero-order chi connectivity index (χ0) is 30.0. The SMILES string of the molecule is CC(O)c1cc2ccc3cc4ccccc4cc3c2c(OC(=O)O)c1C(C)O.Nc1ccc(-c2ccc(N)cc2)cc1. The first-order chi connectivity index (χ1) is 20.1. The van der Waals surface area contributed by atoms with Crippen molar-refractivity contribution in [1.82, 2.24) is 0 Å². The van der Waals surface area contributed by atoms with E-state index >= 15 is 0 Å². The van der Waals surface area contributed by atoms with E-state index in [9.17, 15) is 20.1 Å². The van der Waals surface area contributed by atoms with Gasteiger partial charge in [-0.15, -0.1) is 0 Å². The van der Waals surface area contributed by atoms with E-state index in [1.54, 1.807) is 13.0 Å². The van der Waals surface area contributed by atoms with Gasteiger partial charge in [0.15, 0.2) is 0 Å². The molecule has 0 bridgehead atoms. The second kappa shape index (κ2) is 11.8. The van der Waals surface area contributed by atoms with Crippen LogP contribution in [0.5, 0.6) is 5.75 Å². The van der Waals surface area contributed by atoms with Crippen molar-refractivity contribution in [3.8, 4) is 16.9 Å². The quantitative estimate of drug-likeness (QED) is 0.0487. The summed E-state index contributed by atoms with van der Waals surface area (Å²) in [5.74, 6) is 0.0665. The lowest BCUT2D eigenvalue weighted by Crippen LogP contribution is -2.11. The van der Waals surface area contributed by atoms with Crippen LogP contribution in [0.4, 0.5) is 16.2 Å². The van der Waals surface area contributed by atoms with E-state index in [4.69, 9.17) is 16.2 Å². The lowest BCUT2D eigenvalue weighted by molar-refractivity contribution is 0.139. The first-order valence-electron chi connectivity index (χ1n) is 13.5. The van der Waals surface area contributed by atoms with Crippen LogP contribution in [0.1, 0.15) is 37.2 Å². The van der Waals surface area contributed by atoms with E-state index in [2.05, 4.69) is 0 Å². The van der Waals surface area contributed by atoms with E-state index in [1.807, 2.05) is 97.1 Å². The van der Waals surface area contributed by atoms with Crippen LogP contribution in [0.2, 0.25) is 0 Å². The van der Waals surface area contributed by atoms with Crippen molar-refractivity contribution in [2.24, 2.45) is 0 Å². The number of carbonyl (C=O) groups is 1. The van der Waals surface area contributed by atoms with Gasteiger partial charge in [0.1, 0.15) is 5.75 Å². The van der Waals surface area contributed by atoms with E-state index in [0.717, 1.165) is 49.4 Å². The van der Waals surface area contributed by atoms with E-state index in [0.29, 0.717) is 10.9 Å². The molecular formula is C35H32N2O5. The third-order valence-corrected chi connectivity index (χ3v) is 7.22. The summed E-state index contributed by atoms with van der Waals surface area (Å²) in [4.78, 5) is 11.5. The first-order valence-corrected chi connectivity index (χ1v) is 13.5. The Morgan fingerprint density at radius 2 is 1.19 bits per heavy atom. The summed E-state index contributed by atoms with van der Waals surface area (Å²) in [6, 6.07) is 33.2. The topological polar surface area (TPSA) is 139 Å². The Hall–Kier alpha value is -5.11. The molecule has 0 amide bonds. The number of hydrogen-bond donors (Lipinski definition) is 5. The maximum absolute atomic E-state index is 11.5. The summed E-state index contributed by atoms with van der Waals surface area (Å²) in [7, 11) is 0. The highest BCUT2D eigenvalue weighted by atomic mass is 16.7. The van der Waals surface area contributed by atoms with E-state index in [1.165, 1.54) is 6.92 Å². The molecular weight excluding hydrogens is 528 g/mol. The van der Waals surface area contributed by atoms with E-state index in [-0.39, 0.29) is 11.3 Å². The summed E-state index contributed by atoms with van der Waals surface area (Å²) in [6.45, 7) is 3.11. The minimum Gasteiger partial charge on any atom is -0.449 e. The molecule has 0 aliphatic rings.